The number of aromatic nitrogens is 3. The number of anilines is 2. The first kappa shape index (κ1) is 12.1. The number of pyridine rings is 2. The summed E-state index contributed by atoms with van der Waals surface area (Å²) in [4.78, 5) is 12.0. The molecule has 0 unspecified atom stereocenters. The van der Waals surface area contributed by atoms with Gasteiger partial charge in [-0.2, -0.15) is 11.3 Å². The molecule has 0 amide bonds. The number of rotatable bonds is 3. The van der Waals surface area contributed by atoms with Crippen LogP contribution >= 0.6 is 11.3 Å². The average molecular weight is 292 g/mol. The maximum atomic E-state index is 4.44. The largest absolute Gasteiger partial charge is 0.354 e. The fourth-order valence-electron chi connectivity index (χ4n) is 2.30. The third kappa shape index (κ3) is 2.28. The van der Waals surface area contributed by atoms with E-state index in [0.717, 1.165) is 28.1 Å². The molecule has 21 heavy (non-hydrogen) atoms. The molecule has 4 aromatic rings. The summed E-state index contributed by atoms with van der Waals surface area (Å²) in [7, 11) is 0. The van der Waals surface area contributed by atoms with Crippen molar-refractivity contribution in [3.05, 3.63) is 59.7 Å². The van der Waals surface area contributed by atoms with Gasteiger partial charge in [0.1, 0.15) is 5.82 Å². The van der Waals surface area contributed by atoms with Gasteiger partial charge in [0, 0.05) is 34.4 Å². The van der Waals surface area contributed by atoms with Gasteiger partial charge in [0.05, 0.1) is 17.4 Å². The number of thiophene rings is 1. The third-order valence-electron chi connectivity index (χ3n) is 3.30. The Morgan fingerprint density at radius 3 is 2.95 bits per heavy atom. The summed E-state index contributed by atoms with van der Waals surface area (Å²) in [5.41, 5.74) is 4.30. The summed E-state index contributed by atoms with van der Waals surface area (Å²) in [5, 5.41) is 8.59. The highest BCUT2D eigenvalue weighted by Crippen LogP contribution is 2.30. The van der Waals surface area contributed by atoms with Crippen molar-refractivity contribution in [2.24, 2.45) is 0 Å². The molecular formula is C16H12N4S. The second-order valence-corrected chi connectivity index (χ2v) is 5.46. The van der Waals surface area contributed by atoms with Gasteiger partial charge < -0.3 is 10.3 Å². The van der Waals surface area contributed by atoms with Gasteiger partial charge in [-0.05, 0) is 35.7 Å². The Labute approximate surface area is 125 Å². The van der Waals surface area contributed by atoms with E-state index in [4.69, 9.17) is 0 Å². The predicted molar refractivity (Wildman–Crippen MR) is 86.9 cm³/mol. The molecule has 0 bridgehead atoms. The van der Waals surface area contributed by atoms with Gasteiger partial charge in [-0.25, -0.2) is 4.98 Å². The summed E-state index contributed by atoms with van der Waals surface area (Å²) in [6.45, 7) is 0. The fourth-order valence-corrected chi connectivity index (χ4v) is 2.96. The Bertz CT molecular complexity index is 866. The smallest absolute Gasteiger partial charge is 0.139 e. The van der Waals surface area contributed by atoms with Crippen LogP contribution in [0.15, 0.2) is 59.7 Å². The van der Waals surface area contributed by atoms with E-state index in [1.54, 1.807) is 29.9 Å². The van der Waals surface area contributed by atoms with Crippen LogP contribution in [0.3, 0.4) is 0 Å². The standard InChI is InChI=1S/C16H12N4S/c1-2-12(9-17-5-1)19-16-13-8-15(11-4-7-21-10-11)20-14(13)3-6-18-16/h1-10,20H,(H,18,19). The molecule has 0 saturated heterocycles. The number of aromatic amines is 1. The zero-order valence-electron chi connectivity index (χ0n) is 11.1. The molecule has 4 nitrogen and oxygen atoms in total. The average Bonchev–Trinajstić information content (AvgIpc) is 3.18. The number of nitrogens with one attached hydrogen (secondary N) is 2. The molecule has 4 rings (SSSR count). The van der Waals surface area contributed by atoms with E-state index in [0.29, 0.717) is 0 Å². The lowest BCUT2D eigenvalue weighted by Crippen LogP contribution is -1.93. The Kier molecular flexibility index (Phi) is 2.90. The minimum atomic E-state index is 0.832. The van der Waals surface area contributed by atoms with Crippen LogP contribution in [0.25, 0.3) is 22.2 Å². The lowest BCUT2D eigenvalue weighted by atomic mass is 10.2. The molecular weight excluding hydrogens is 280 g/mol. The molecule has 0 aliphatic carbocycles. The van der Waals surface area contributed by atoms with E-state index >= 15 is 0 Å². The van der Waals surface area contributed by atoms with Gasteiger partial charge in [0.2, 0.25) is 0 Å². The van der Waals surface area contributed by atoms with Crippen LogP contribution in [0.4, 0.5) is 11.5 Å². The molecule has 4 aromatic heterocycles. The van der Waals surface area contributed by atoms with E-state index < -0.39 is 0 Å². The highest BCUT2D eigenvalue weighted by molar-refractivity contribution is 7.08. The molecule has 4 heterocycles. The molecule has 5 heteroatoms. The summed E-state index contributed by atoms with van der Waals surface area (Å²) < 4.78 is 0. The summed E-state index contributed by atoms with van der Waals surface area (Å²) >= 11 is 1.69. The highest BCUT2D eigenvalue weighted by atomic mass is 32.1. The van der Waals surface area contributed by atoms with E-state index in [1.807, 2.05) is 18.2 Å². The Morgan fingerprint density at radius 2 is 2.14 bits per heavy atom. The molecule has 0 aliphatic rings. The van der Waals surface area contributed by atoms with Gasteiger partial charge in [0.25, 0.3) is 0 Å². The van der Waals surface area contributed by atoms with Crippen LogP contribution in [0, 0.1) is 0 Å². The molecule has 0 fully saturated rings. The zero-order chi connectivity index (χ0) is 14.1. The van der Waals surface area contributed by atoms with Crippen molar-refractivity contribution >= 4 is 33.7 Å². The van der Waals surface area contributed by atoms with Crippen LogP contribution in [-0.2, 0) is 0 Å². The van der Waals surface area contributed by atoms with Gasteiger partial charge in [-0.3, -0.25) is 4.98 Å². The van der Waals surface area contributed by atoms with E-state index in [9.17, 15) is 0 Å². The van der Waals surface area contributed by atoms with Crippen molar-refractivity contribution in [1.82, 2.24) is 15.0 Å². The van der Waals surface area contributed by atoms with Crippen molar-refractivity contribution < 1.29 is 0 Å². The predicted octanol–water partition coefficient (Wildman–Crippen LogP) is 4.43. The monoisotopic (exact) mass is 292 g/mol. The fraction of sp³-hybridized carbons (Fsp3) is 0. The second kappa shape index (κ2) is 5.03. The van der Waals surface area contributed by atoms with Gasteiger partial charge in [0.15, 0.2) is 0 Å². The van der Waals surface area contributed by atoms with Crippen LogP contribution in [0.2, 0.25) is 0 Å². The first-order chi connectivity index (χ1) is 10.4. The van der Waals surface area contributed by atoms with Crippen LogP contribution in [0.1, 0.15) is 0 Å². The Hall–Kier alpha value is -2.66. The van der Waals surface area contributed by atoms with Crippen molar-refractivity contribution in [3.63, 3.8) is 0 Å². The molecule has 0 aliphatic heterocycles. The number of H-pyrrole nitrogens is 1. The number of nitrogens with zero attached hydrogens (tertiary/aromatic N) is 2. The van der Waals surface area contributed by atoms with Crippen molar-refractivity contribution in [3.8, 4) is 11.3 Å². The van der Waals surface area contributed by atoms with Crippen molar-refractivity contribution in [2.75, 3.05) is 5.32 Å². The first-order valence-electron chi connectivity index (χ1n) is 6.57. The normalized spacial score (nSPS) is 10.9. The summed E-state index contributed by atoms with van der Waals surface area (Å²) in [6, 6.07) is 10.1. The topological polar surface area (TPSA) is 53.6 Å². The number of hydrogen-bond acceptors (Lipinski definition) is 4. The van der Waals surface area contributed by atoms with Crippen LogP contribution < -0.4 is 5.32 Å². The summed E-state index contributed by atoms with van der Waals surface area (Å²) in [5.74, 6) is 0.832. The molecule has 0 atom stereocenters. The Morgan fingerprint density at radius 1 is 1.14 bits per heavy atom. The zero-order valence-corrected chi connectivity index (χ0v) is 11.9. The minimum absolute atomic E-state index is 0.832. The minimum Gasteiger partial charge on any atom is -0.354 e. The van der Waals surface area contributed by atoms with Crippen LogP contribution in [-0.4, -0.2) is 15.0 Å². The second-order valence-electron chi connectivity index (χ2n) is 4.68. The van der Waals surface area contributed by atoms with Gasteiger partial charge in [-0.1, -0.05) is 0 Å². The lowest BCUT2D eigenvalue weighted by Gasteiger charge is -2.05. The van der Waals surface area contributed by atoms with Crippen molar-refractivity contribution in [1.29, 1.82) is 0 Å². The van der Waals surface area contributed by atoms with Gasteiger partial charge >= 0.3 is 0 Å². The molecule has 0 radical (unpaired) electrons. The third-order valence-corrected chi connectivity index (χ3v) is 3.99. The number of hydrogen-bond donors (Lipinski definition) is 2. The van der Waals surface area contributed by atoms with Crippen molar-refractivity contribution in [2.45, 2.75) is 0 Å². The maximum absolute atomic E-state index is 4.44. The molecule has 0 saturated carbocycles. The lowest BCUT2D eigenvalue weighted by molar-refractivity contribution is 1.29. The Balaban J connectivity index is 1.79. The first-order valence-corrected chi connectivity index (χ1v) is 7.52. The molecule has 102 valence electrons. The van der Waals surface area contributed by atoms with Gasteiger partial charge in [-0.15, -0.1) is 0 Å². The van der Waals surface area contributed by atoms with E-state index in [-0.39, 0.29) is 0 Å². The van der Waals surface area contributed by atoms with E-state index in [1.165, 1.54) is 5.56 Å². The molecule has 2 N–H and O–H groups in total. The van der Waals surface area contributed by atoms with E-state index in [2.05, 4.69) is 43.2 Å². The maximum Gasteiger partial charge on any atom is 0.139 e. The highest BCUT2D eigenvalue weighted by Gasteiger charge is 2.08. The molecule has 0 spiro atoms. The molecule has 0 aromatic carbocycles. The SMILES string of the molecule is c1cncc(Nc2nccc3[nH]c(-c4ccsc4)cc23)c1. The quantitative estimate of drug-likeness (QED) is 0.587. The number of fused-ring (bicyclic) bond motifs is 1. The van der Waals surface area contributed by atoms with Crippen LogP contribution in [0.5, 0.6) is 0 Å². The summed E-state index contributed by atoms with van der Waals surface area (Å²) in [6.07, 6.45) is 5.34.